The first-order valence-corrected chi connectivity index (χ1v) is 10.7. The fraction of sp³-hybridized carbons (Fsp3) is 0.200. The number of nitrogens with one attached hydrogen (secondary N) is 2. The molecule has 0 saturated heterocycles. The summed E-state index contributed by atoms with van der Waals surface area (Å²) in [7, 11) is 0. The van der Waals surface area contributed by atoms with E-state index in [9.17, 15) is 9.59 Å². The van der Waals surface area contributed by atoms with Gasteiger partial charge in [0.15, 0.2) is 5.65 Å². The van der Waals surface area contributed by atoms with Crippen molar-refractivity contribution in [2.24, 2.45) is 5.73 Å². The number of benzene rings is 2. The van der Waals surface area contributed by atoms with E-state index >= 15 is 0 Å². The lowest BCUT2D eigenvalue weighted by molar-refractivity contribution is 0.0952. The summed E-state index contributed by atoms with van der Waals surface area (Å²) in [6.45, 7) is 6.42. The highest BCUT2D eigenvalue weighted by Crippen LogP contribution is 2.28. The number of urea groups is 1. The minimum atomic E-state index is -0.621. The third kappa shape index (κ3) is 4.69. The van der Waals surface area contributed by atoms with Crippen molar-refractivity contribution in [3.05, 3.63) is 77.5 Å². The van der Waals surface area contributed by atoms with Crippen LogP contribution in [0.2, 0.25) is 0 Å². The van der Waals surface area contributed by atoms with Gasteiger partial charge in [0.2, 0.25) is 0 Å². The molecule has 0 fully saturated rings. The van der Waals surface area contributed by atoms with Gasteiger partial charge in [0.1, 0.15) is 0 Å². The maximum atomic E-state index is 13.2. The van der Waals surface area contributed by atoms with Crippen LogP contribution in [0.3, 0.4) is 0 Å². The van der Waals surface area contributed by atoms with Crippen LogP contribution in [0.5, 0.6) is 0 Å². The summed E-state index contributed by atoms with van der Waals surface area (Å²) in [5.41, 5.74) is 10.6. The van der Waals surface area contributed by atoms with Gasteiger partial charge < -0.3 is 16.4 Å². The summed E-state index contributed by atoms with van der Waals surface area (Å²) in [6.07, 6.45) is 1.70. The number of aryl methyl sites for hydroxylation is 1. The van der Waals surface area contributed by atoms with Crippen LogP contribution in [-0.2, 0) is 6.54 Å². The summed E-state index contributed by atoms with van der Waals surface area (Å²) in [6, 6.07) is 16.4. The molecule has 3 amide bonds. The fourth-order valence-electron chi connectivity index (χ4n) is 3.71. The van der Waals surface area contributed by atoms with E-state index < -0.39 is 6.03 Å². The number of carbonyl (C=O) groups excluding carboxylic acids is 2. The first-order valence-electron chi connectivity index (χ1n) is 10.7. The molecule has 4 rings (SSSR count). The highest BCUT2D eigenvalue weighted by molar-refractivity contribution is 6.06. The lowest BCUT2D eigenvalue weighted by Crippen LogP contribution is -2.23. The average molecular weight is 443 g/mol. The number of rotatable bonds is 6. The average Bonchev–Trinajstić information content (AvgIpc) is 3.22. The number of anilines is 1. The lowest BCUT2D eigenvalue weighted by atomic mass is 10.0. The summed E-state index contributed by atoms with van der Waals surface area (Å²) in [5.74, 6) is -0.208. The highest BCUT2D eigenvalue weighted by atomic mass is 16.2. The Hall–Kier alpha value is -4.20. The van der Waals surface area contributed by atoms with Crippen molar-refractivity contribution in [1.82, 2.24) is 20.1 Å². The molecule has 0 radical (unpaired) electrons. The minimum Gasteiger partial charge on any atom is -0.351 e. The van der Waals surface area contributed by atoms with Crippen molar-refractivity contribution in [2.75, 3.05) is 5.32 Å². The molecule has 33 heavy (non-hydrogen) atoms. The number of nitrogens with two attached hydrogens (primary N) is 1. The molecular weight excluding hydrogens is 416 g/mol. The maximum Gasteiger partial charge on any atom is 0.316 e. The molecule has 0 aliphatic heterocycles. The number of hydrogen-bond donors (Lipinski definition) is 3. The van der Waals surface area contributed by atoms with Crippen LogP contribution in [0.1, 0.15) is 41.4 Å². The van der Waals surface area contributed by atoms with Gasteiger partial charge in [0.05, 0.1) is 22.8 Å². The molecule has 0 spiro atoms. The monoisotopic (exact) mass is 442 g/mol. The van der Waals surface area contributed by atoms with Crippen LogP contribution in [0.15, 0.2) is 60.8 Å². The van der Waals surface area contributed by atoms with E-state index in [1.54, 1.807) is 18.3 Å². The highest BCUT2D eigenvalue weighted by Gasteiger charge is 2.19. The van der Waals surface area contributed by atoms with Crippen molar-refractivity contribution in [3.8, 4) is 11.3 Å². The van der Waals surface area contributed by atoms with Crippen LogP contribution < -0.4 is 16.4 Å². The van der Waals surface area contributed by atoms with E-state index in [-0.39, 0.29) is 11.9 Å². The Balaban J connectivity index is 1.66. The number of fused-ring (bicyclic) bond motifs is 1. The Labute approximate surface area is 191 Å². The predicted octanol–water partition coefficient (Wildman–Crippen LogP) is 4.41. The van der Waals surface area contributed by atoms with Crippen molar-refractivity contribution < 1.29 is 9.59 Å². The molecule has 0 aliphatic carbocycles. The maximum absolute atomic E-state index is 13.2. The van der Waals surface area contributed by atoms with Crippen LogP contribution in [-0.4, -0.2) is 26.7 Å². The number of nitrogens with zero attached hydrogens (tertiary/aromatic N) is 3. The van der Waals surface area contributed by atoms with Crippen LogP contribution in [0.25, 0.3) is 22.3 Å². The summed E-state index contributed by atoms with van der Waals surface area (Å²) in [4.78, 5) is 29.1. The van der Waals surface area contributed by atoms with Gasteiger partial charge in [-0.25, -0.2) is 14.5 Å². The Morgan fingerprint density at radius 3 is 2.48 bits per heavy atom. The molecule has 0 saturated carbocycles. The second-order valence-electron chi connectivity index (χ2n) is 8.16. The van der Waals surface area contributed by atoms with E-state index in [1.807, 2.05) is 67.9 Å². The second kappa shape index (κ2) is 9.12. The van der Waals surface area contributed by atoms with Gasteiger partial charge in [-0.2, -0.15) is 5.10 Å². The number of hydrogen-bond acceptors (Lipinski definition) is 4. The van der Waals surface area contributed by atoms with Crippen LogP contribution >= 0.6 is 0 Å². The molecule has 0 unspecified atom stereocenters. The van der Waals surface area contributed by atoms with Crippen molar-refractivity contribution >= 4 is 28.7 Å². The summed E-state index contributed by atoms with van der Waals surface area (Å²) in [5, 5.41) is 10.7. The van der Waals surface area contributed by atoms with Crippen molar-refractivity contribution in [1.29, 1.82) is 0 Å². The second-order valence-corrected chi connectivity index (χ2v) is 8.16. The zero-order valence-electron chi connectivity index (χ0n) is 18.8. The van der Waals surface area contributed by atoms with Gasteiger partial charge in [0.25, 0.3) is 5.91 Å². The molecule has 2 heterocycles. The summed E-state index contributed by atoms with van der Waals surface area (Å²) >= 11 is 0. The molecule has 2 aromatic carbocycles. The zero-order valence-corrected chi connectivity index (χ0v) is 18.8. The van der Waals surface area contributed by atoms with Gasteiger partial charge in [-0.1, -0.05) is 36.4 Å². The van der Waals surface area contributed by atoms with E-state index in [2.05, 4.69) is 15.7 Å². The smallest absolute Gasteiger partial charge is 0.316 e. The van der Waals surface area contributed by atoms with Crippen LogP contribution in [0, 0.1) is 6.92 Å². The van der Waals surface area contributed by atoms with Gasteiger partial charge in [-0.05, 0) is 50.1 Å². The zero-order chi connectivity index (χ0) is 23.5. The number of amides is 3. The first kappa shape index (κ1) is 22.0. The van der Waals surface area contributed by atoms with Gasteiger partial charge in [-0.15, -0.1) is 0 Å². The van der Waals surface area contributed by atoms with Gasteiger partial charge in [-0.3, -0.25) is 4.79 Å². The number of pyridine rings is 1. The standard InChI is InChI=1S/C25H26N6O2/c1-15(2)31-23-21(14-28-31)20(12-22(30-23)19-7-5-4-6-16(19)3)24(32)27-13-17-8-10-18(11-9-17)29-25(26)33/h4-12,14-15H,13H2,1-3H3,(H,27,32)(H3,26,29,33). The van der Waals surface area contributed by atoms with Gasteiger partial charge >= 0.3 is 6.03 Å². The SMILES string of the molecule is Cc1ccccc1-c1cc(C(=O)NCc2ccc(NC(N)=O)cc2)c2cnn(C(C)C)c2n1. The summed E-state index contributed by atoms with van der Waals surface area (Å²) < 4.78 is 1.83. The quantitative estimate of drug-likeness (QED) is 0.410. The molecule has 4 N–H and O–H groups in total. The number of carbonyl (C=O) groups is 2. The molecule has 168 valence electrons. The minimum absolute atomic E-state index is 0.102. The molecule has 0 atom stereocenters. The molecular formula is C25H26N6O2. The van der Waals surface area contributed by atoms with Crippen molar-refractivity contribution in [3.63, 3.8) is 0 Å². The van der Waals surface area contributed by atoms with Crippen molar-refractivity contribution in [2.45, 2.75) is 33.4 Å². The molecule has 2 aromatic heterocycles. The molecule has 8 heteroatoms. The molecule has 0 aliphatic rings. The lowest BCUT2D eigenvalue weighted by Gasteiger charge is -2.12. The Morgan fingerprint density at radius 2 is 1.82 bits per heavy atom. The number of aromatic nitrogens is 3. The molecule has 0 bridgehead atoms. The Bertz CT molecular complexity index is 1320. The largest absolute Gasteiger partial charge is 0.351 e. The Kier molecular flexibility index (Phi) is 6.08. The predicted molar refractivity (Wildman–Crippen MR) is 129 cm³/mol. The first-order chi connectivity index (χ1) is 15.8. The third-order valence-corrected chi connectivity index (χ3v) is 5.40. The Morgan fingerprint density at radius 1 is 1.09 bits per heavy atom. The fourth-order valence-corrected chi connectivity index (χ4v) is 3.71. The normalized spacial score (nSPS) is 11.0. The van der Waals surface area contributed by atoms with Gasteiger partial charge in [0, 0.05) is 23.8 Å². The van der Waals surface area contributed by atoms with E-state index in [0.717, 1.165) is 22.4 Å². The van der Waals surface area contributed by atoms with E-state index in [1.165, 1.54) is 0 Å². The van der Waals surface area contributed by atoms with E-state index in [0.29, 0.717) is 28.8 Å². The van der Waals surface area contributed by atoms with Crippen LogP contribution in [0.4, 0.5) is 10.5 Å². The number of primary amides is 1. The topological polar surface area (TPSA) is 115 Å². The third-order valence-electron chi connectivity index (χ3n) is 5.40. The molecule has 8 nitrogen and oxygen atoms in total. The van der Waals surface area contributed by atoms with E-state index in [4.69, 9.17) is 10.7 Å². The molecule has 4 aromatic rings.